The van der Waals surface area contributed by atoms with Crippen LogP contribution in [0.1, 0.15) is 18.2 Å². The van der Waals surface area contributed by atoms with Gasteiger partial charge in [-0.25, -0.2) is 4.98 Å². The van der Waals surface area contributed by atoms with Gasteiger partial charge in [0.25, 0.3) is 0 Å². The minimum absolute atomic E-state index is 0.276. The zero-order chi connectivity index (χ0) is 14.5. The van der Waals surface area contributed by atoms with E-state index in [1.165, 1.54) is 0 Å². The summed E-state index contributed by atoms with van der Waals surface area (Å²) in [5, 5.41) is 3.20. The quantitative estimate of drug-likeness (QED) is 0.875. The van der Waals surface area contributed by atoms with Crippen LogP contribution in [0.4, 0.5) is 0 Å². The number of rotatable bonds is 6. The van der Waals surface area contributed by atoms with Gasteiger partial charge in [-0.1, -0.05) is 13.0 Å². The minimum Gasteiger partial charge on any atom is -0.472 e. The van der Waals surface area contributed by atoms with Crippen LogP contribution in [0.3, 0.4) is 0 Å². The fourth-order valence-electron chi connectivity index (χ4n) is 1.95. The van der Waals surface area contributed by atoms with Crippen molar-refractivity contribution < 1.29 is 14.2 Å². The lowest BCUT2D eigenvalue weighted by atomic mass is 10.2. The lowest BCUT2D eigenvalue weighted by Crippen LogP contribution is -2.13. The molecule has 1 aromatic heterocycles. The molecule has 6 nitrogen and oxygen atoms in total. The third-order valence-electron chi connectivity index (χ3n) is 3.06. The van der Waals surface area contributed by atoms with Gasteiger partial charge in [0.05, 0.1) is 18.1 Å². The summed E-state index contributed by atoms with van der Waals surface area (Å²) in [6, 6.07) is 5.74. The molecule has 1 aliphatic heterocycles. The summed E-state index contributed by atoms with van der Waals surface area (Å²) in [4.78, 5) is 8.53. The summed E-state index contributed by atoms with van der Waals surface area (Å²) < 4.78 is 16.2. The molecule has 1 N–H and O–H groups in total. The van der Waals surface area contributed by atoms with Crippen molar-refractivity contribution in [2.45, 2.75) is 20.1 Å². The van der Waals surface area contributed by atoms with Gasteiger partial charge in [-0.2, -0.15) is 0 Å². The van der Waals surface area contributed by atoms with E-state index >= 15 is 0 Å². The zero-order valence-electron chi connectivity index (χ0n) is 11.8. The van der Waals surface area contributed by atoms with Gasteiger partial charge in [0.15, 0.2) is 11.5 Å². The molecule has 0 spiro atoms. The van der Waals surface area contributed by atoms with Gasteiger partial charge in [0.2, 0.25) is 12.7 Å². The SMILES string of the molecule is CCNCc1cnc(OCc2ccc3c(c2)OCO3)cn1. The van der Waals surface area contributed by atoms with E-state index in [1.54, 1.807) is 12.4 Å². The van der Waals surface area contributed by atoms with Crippen molar-refractivity contribution in [3.63, 3.8) is 0 Å². The number of hydrogen-bond donors (Lipinski definition) is 1. The maximum Gasteiger partial charge on any atom is 0.232 e. The van der Waals surface area contributed by atoms with E-state index in [0.29, 0.717) is 19.0 Å². The zero-order valence-corrected chi connectivity index (χ0v) is 11.8. The summed E-state index contributed by atoms with van der Waals surface area (Å²) >= 11 is 0. The maximum atomic E-state index is 5.62. The summed E-state index contributed by atoms with van der Waals surface area (Å²) in [6.07, 6.45) is 3.36. The molecule has 1 aliphatic rings. The second-order valence-electron chi connectivity index (χ2n) is 4.60. The van der Waals surface area contributed by atoms with Crippen molar-refractivity contribution in [1.82, 2.24) is 15.3 Å². The molecule has 0 saturated heterocycles. The average molecular weight is 287 g/mol. The molecule has 0 radical (unpaired) electrons. The first kappa shape index (κ1) is 13.6. The number of nitrogens with one attached hydrogen (secondary N) is 1. The minimum atomic E-state index is 0.276. The Morgan fingerprint density at radius 1 is 1.19 bits per heavy atom. The Kier molecular flexibility index (Phi) is 4.16. The van der Waals surface area contributed by atoms with Crippen LogP contribution in [0.25, 0.3) is 0 Å². The molecule has 0 atom stereocenters. The molecule has 0 bridgehead atoms. The largest absolute Gasteiger partial charge is 0.472 e. The number of benzene rings is 1. The van der Waals surface area contributed by atoms with Crippen LogP contribution in [0.5, 0.6) is 17.4 Å². The van der Waals surface area contributed by atoms with Gasteiger partial charge in [0, 0.05) is 6.54 Å². The van der Waals surface area contributed by atoms with E-state index in [-0.39, 0.29) is 6.79 Å². The molecule has 2 aromatic rings. The van der Waals surface area contributed by atoms with Gasteiger partial charge in [0.1, 0.15) is 6.61 Å². The predicted molar refractivity (Wildman–Crippen MR) is 76.3 cm³/mol. The van der Waals surface area contributed by atoms with Crippen LogP contribution >= 0.6 is 0 Å². The molecule has 21 heavy (non-hydrogen) atoms. The highest BCUT2D eigenvalue weighted by Gasteiger charge is 2.13. The molecule has 0 fully saturated rings. The van der Waals surface area contributed by atoms with E-state index in [2.05, 4.69) is 22.2 Å². The molecule has 0 saturated carbocycles. The summed E-state index contributed by atoms with van der Waals surface area (Å²) in [5.41, 5.74) is 1.89. The smallest absolute Gasteiger partial charge is 0.232 e. The topological polar surface area (TPSA) is 65.5 Å². The number of ether oxygens (including phenoxy) is 3. The van der Waals surface area contributed by atoms with Crippen LogP contribution in [0.2, 0.25) is 0 Å². The highest BCUT2D eigenvalue weighted by Crippen LogP contribution is 2.32. The van der Waals surface area contributed by atoms with Crippen LogP contribution in [0.15, 0.2) is 30.6 Å². The van der Waals surface area contributed by atoms with Crippen molar-refractivity contribution in [3.05, 3.63) is 41.9 Å². The number of hydrogen-bond acceptors (Lipinski definition) is 6. The van der Waals surface area contributed by atoms with E-state index in [0.717, 1.165) is 29.3 Å². The molecular weight excluding hydrogens is 270 g/mol. The number of aromatic nitrogens is 2. The Morgan fingerprint density at radius 2 is 2.10 bits per heavy atom. The van der Waals surface area contributed by atoms with Crippen LogP contribution in [-0.2, 0) is 13.2 Å². The van der Waals surface area contributed by atoms with Crippen molar-refractivity contribution in [3.8, 4) is 17.4 Å². The van der Waals surface area contributed by atoms with E-state index < -0.39 is 0 Å². The number of fused-ring (bicyclic) bond motifs is 1. The summed E-state index contributed by atoms with van der Waals surface area (Å²) in [7, 11) is 0. The fraction of sp³-hybridized carbons (Fsp3) is 0.333. The molecule has 2 heterocycles. The normalized spacial score (nSPS) is 12.4. The van der Waals surface area contributed by atoms with E-state index in [4.69, 9.17) is 14.2 Å². The first-order valence-electron chi connectivity index (χ1n) is 6.88. The summed E-state index contributed by atoms with van der Waals surface area (Å²) in [5.74, 6) is 2.03. The van der Waals surface area contributed by atoms with Crippen molar-refractivity contribution in [2.75, 3.05) is 13.3 Å². The lowest BCUT2D eigenvalue weighted by Gasteiger charge is -2.07. The second-order valence-corrected chi connectivity index (χ2v) is 4.60. The van der Waals surface area contributed by atoms with E-state index in [1.807, 2.05) is 18.2 Å². The van der Waals surface area contributed by atoms with E-state index in [9.17, 15) is 0 Å². The van der Waals surface area contributed by atoms with Gasteiger partial charge in [-0.3, -0.25) is 4.98 Å². The lowest BCUT2D eigenvalue weighted by molar-refractivity contribution is 0.174. The summed E-state index contributed by atoms with van der Waals surface area (Å²) in [6.45, 7) is 4.36. The molecule has 0 amide bonds. The molecule has 110 valence electrons. The number of nitrogens with zero attached hydrogens (tertiary/aromatic N) is 2. The Balaban J connectivity index is 1.57. The van der Waals surface area contributed by atoms with Gasteiger partial charge in [-0.15, -0.1) is 0 Å². The Hall–Kier alpha value is -2.34. The second kappa shape index (κ2) is 6.41. The molecule has 1 aromatic carbocycles. The predicted octanol–water partition coefficient (Wildman–Crippen LogP) is 1.89. The highest BCUT2D eigenvalue weighted by atomic mass is 16.7. The van der Waals surface area contributed by atoms with Crippen molar-refractivity contribution >= 4 is 0 Å². The molecule has 3 rings (SSSR count). The average Bonchev–Trinajstić information content (AvgIpc) is 2.99. The molecule has 6 heteroatoms. The third kappa shape index (κ3) is 3.41. The molecular formula is C15H17N3O3. The van der Waals surface area contributed by atoms with Crippen molar-refractivity contribution in [1.29, 1.82) is 0 Å². The standard InChI is InChI=1S/C15H17N3O3/c1-2-16-6-12-7-18-15(8-17-12)19-9-11-3-4-13-14(5-11)21-10-20-13/h3-5,7-8,16H,2,6,9-10H2,1H3. The fourth-order valence-corrected chi connectivity index (χ4v) is 1.95. The third-order valence-corrected chi connectivity index (χ3v) is 3.06. The maximum absolute atomic E-state index is 5.62. The first-order valence-corrected chi connectivity index (χ1v) is 6.88. The van der Waals surface area contributed by atoms with Gasteiger partial charge >= 0.3 is 0 Å². The Morgan fingerprint density at radius 3 is 2.90 bits per heavy atom. The van der Waals surface area contributed by atoms with Crippen molar-refractivity contribution in [2.24, 2.45) is 0 Å². The molecule has 0 unspecified atom stereocenters. The van der Waals surface area contributed by atoms with Crippen LogP contribution < -0.4 is 19.5 Å². The Labute approximate surface area is 123 Å². The highest BCUT2D eigenvalue weighted by molar-refractivity contribution is 5.44. The monoisotopic (exact) mass is 287 g/mol. The van der Waals surface area contributed by atoms with Gasteiger partial charge < -0.3 is 19.5 Å². The van der Waals surface area contributed by atoms with Crippen LogP contribution in [-0.4, -0.2) is 23.3 Å². The molecule has 0 aliphatic carbocycles. The first-order chi connectivity index (χ1) is 10.3. The van der Waals surface area contributed by atoms with Crippen LogP contribution in [0, 0.1) is 0 Å². The van der Waals surface area contributed by atoms with Gasteiger partial charge in [-0.05, 0) is 24.2 Å². The Bertz CT molecular complexity index is 602.